The maximum Gasteiger partial charge on any atom is 0.329 e. The molecule has 0 fully saturated rings. The number of nitro benzene ring substituents is 1. The Balaban J connectivity index is 3.40. The molecule has 0 spiro atoms. The number of benzene rings is 1. The predicted molar refractivity (Wildman–Crippen MR) is 50.4 cm³/mol. The lowest BCUT2D eigenvalue weighted by molar-refractivity contribution is -0.386. The lowest BCUT2D eigenvalue weighted by atomic mass is 10.2. The van der Waals surface area contributed by atoms with Crippen LogP contribution in [0.4, 0.5) is 15.8 Å². The quantitative estimate of drug-likeness (QED) is 0.515. The molecule has 1 aromatic rings. The summed E-state index contributed by atoms with van der Waals surface area (Å²) in [6.07, 6.45) is 0.243. The highest BCUT2D eigenvalue weighted by Gasteiger charge is 2.22. The monoisotopic (exact) mass is 262 g/mol. The van der Waals surface area contributed by atoms with Gasteiger partial charge >= 0.3 is 5.69 Å². The molecule has 7 heteroatoms. The zero-order valence-corrected chi connectivity index (χ0v) is 8.25. The summed E-state index contributed by atoms with van der Waals surface area (Å²) in [5.74, 6) is -0.998. The summed E-state index contributed by atoms with van der Waals surface area (Å²) in [6.45, 7) is 0. The van der Waals surface area contributed by atoms with Gasteiger partial charge in [0, 0.05) is 4.47 Å². The predicted octanol–water partition coefficient (Wildman–Crippen LogP) is 2.06. The van der Waals surface area contributed by atoms with Gasteiger partial charge < -0.3 is 5.32 Å². The third kappa shape index (κ3) is 1.87. The first-order valence-corrected chi connectivity index (χ1v) is 4.19. The summed E-state index contributed by atoms with van der Waals surface area (Å²) < 4.78 is 13.2. The standard InChI is InChI=1S/C7H4BrFN2O3/c8-4-1-2-5(9)7(11(13)14)6(4)10-3-12/h1-3H,(H,10,12). The molecule has 1 amide bonds. The molecule has 0 aliphatic carbocycles. The number of halogens is 2. The van der Waals surface area contributed by atoms with Crippen LogP contribution in [0.3, 0.4) is 0 Å². The zero-order chi connectivity index (χ0) is 10.7. The maximum atomic E-state index is 13.0. The van der Waals surface area contributed by atoms with E-state index in [1.54, 1.807) is 0 Å². The van der Waals surface area contributed by atoms with Gasteiger partial charge in [0.2, 0.25) is 12.2 Å². The van der Waals surface area contributed by atoms with Crippen molar-refractivity contribution in [3.63, 3.8) is 0 Å². The Hall–Kier alpha value is -1.50. The molecule has 0 aliphatic rings. The van der Waals surface area contributed by atoms with E-state index in [2.05, 4.69) is 21.2 Å². The number of anilines is 1. The third-order valence-corrected chi connectivity index (χ3v) is 2.12. The first kappa shape index (κ1) is 10.6. The van der Waals surface area contributed by atoms with Crippen molar-refractivity contribution in [2.24, 2.45) is 0 Å². The number of carbonyl (C=O) groups excluding carboxylic acids is 1. The molecule has 0 aromatic heterocycles. The first-order valence-electron chi connectivity index (χ1n) is 3.40. The van der Waals surface area contributed by atoms with Crippen molar-refractivity contribution in [1.29, 1.82) is 0 Å². The van der Waals surface area contributed by atoms with Crippen molar-refractivity contribution >= 4 is 33.7 Å². The van der Waals surface area contributed by atoms with Crippen LogP contribution in [-0.4, -0.2) is 11.3 Å². The summed E-state index contributed by atoms with van der Waals surface area (Å²) in [4.78, 5) is 19.7. The van der Waals surface area contributed by atoms with E-state index in [9.17, 15) is 19.3 Å². The minimum absolute atomic E-state index is 0.190. The second kappa shape index (κ2) is 4.14. The van der Waals surface area contributed by atoms with Gasteiger partial charge in [-0.3, -0.25) is 14.9 Å². The molecule has 1 N–H and O–H groups in total. The third-order valence-electron chi connectivity index (χ3n) is 1.46. The highest BCUT2D eigenvalue weighted by atomic mass is 79.9. The van der Waals surface area contributed by atoms with E-state index in [1.807, 2.05) is 0 Å². The minimum atomic E-state index is -0.998. The van der Waals surface area contributed by atoms with Crippen molar-refractivity contribution in [3.8, 4) is 0 Å². The van der Waals surface area contributed by atoms with E-state index in [1.165, 1.54) is 6.07 Å². The van der Waals surface area contributed by atoms with Crippen LogP contribution in [0.5, 0.6) is 0 Å². The molecule has 0 bridgehead atoms. The van der Waals surface area contributed by atoms with Crippen molar-refractivity contribution in [2.75, 3.05) is 5.32 Å². The topological polar surface area (TPSA) is 72.2 Å². The smallest absolute Gasteiger partial charge is 0.322 e. The van der Waals surface area contributed by atoms with Gasteiger partial charge in [-0.15, -0.1) is 0 Å². The molecule has 0 saturated carbocycles. The molecule has 14 heavy (non-hydrogen) atoms. The van der Waals surface area contributed by atoms with Crippen molar-refractivity contribution in [3.05, 3.63) is 32.5 Å². The van der Waals surface area contributed by atoms with Gasteiger partial charge in [-0.25, -0.2) is 0 Å². The van der Waals surface area contributed by atoms with Crippen LogP contribution in [0.25, 0.3) is 0 Å². The van der Waals surface area contributed by atoms with Crippen LogP contribution in [0, 0.1) is 15.9 Å². The molecule has 0 unspecified atom stereocenters. The lowest BCUT2D eigenvalue weighted by Gasteiger charge is -2.03. The summed E-state index contributed by atoms with van der Waals surface area (Å²) in [5, 5.41) is 12.5. The Morgan fingerprint density at radius 3 is 2.71 bits per heavy atom. The van der Waals surface area contributed by atoms with Crippen molar-refractivity contribution < 1.29 is 14.1 Å². The average molecular weight is 263 g/mol. The van der Waals surface area contributed by atoms with E-state index in [0.717, 1.165) is 6.07 Å². The minimum Gasteiger partial charge on any atom is -0.322 e. The molecular formula is C7H4BrFN2O3. The zero-order valence-electron chi connectivity index (χ0n) is 6.66. The van der Waals surface area contributed by atoms with Crippen LogP contribution in [0.1, 0.15) is 0 Å². The van der Waals surface area contributed by atoms with Crippen molar-refractivity contribution in [2.45, 2.75) is 0 Å². The molecule has 1 aromatic carbocycles. The molecule has 1 rings (SSSR count). The number of hydrogen-bond acceptors (Lipinski definition) is 3. The van der Waals surface area contributed by atoms with Crippen LogP contribution < -0.4 is 5.32 Å². The van der Waals surface area contributed by atoms with E-state index in [-0.39, 0.29) is 16.6 Å². The second-order valence-corrected chi connectivity index (χ2v) is 3.13. The summed E-state index contributed by atoms with van der Waals surface area (Å²) in [5.41, 5.74) is -0.948. The van der Waals surface area contributed by atoms with Gasteiger partial charge in [0.1, 0.15) is 5.69 Å². The molecule has 74 valence electrons. The number of carbonyl (C=O) groups is 1. The van der Waals surface area contributed by atoms with E-state index in [4.69, 9.17) is 0 Å². The Labute approximate surface area is 86.2 Å². The van der Waals surface area contributed by atoms with Gasteiger partial charge in [-0.2, -0.15) is 4.39 Å². The fourth-order valence-electron chi connectivity index (χ4n) is 0.916. The fraction of sp³-hybridized carbons (Fsp3) is 0. The van der Waals surface area contributed by atoms with E-state index < -0.39 is 16.4 Å². The number of amides is 1. The summed E-state index contributed by atoms with van der Waals surface area (Å²) in [7, 11) is 0. The highest BCUT2D eigenvalue weighted by molar-refractivity contribution is 9.10. The molecule has 0 heterocycles. The number of nitro groups is 1. The summed E-state index contributed by atoms with van der Waals surface area (Å²) >= 11 is 2.96. The first-order chi connectivity index (χ1) is 6.57. The highest BCUT2D eigenvalue weighted by Crippen LogP contribution is 2.34. The van der Waals surface area contributed by atoms with Gasteiger partial charge in [-0.05, 0) is 28.1 Å². The molecule has 0 aliphatic heterocycles. The maximum absolute atomic E-state index is 13.0. The van der Waals surface area contributed by atoms with Gasteiger partial charge in [0.25, 0.3) is 0 Å². The van der Waals surface area contributed by atoms with Crippen molar-refractivity contribution in [1.82, 2.24) is 0 Å². The van der Waals surface area contributed by atoms with Gasteiger partial charge in [0.05, 0.1) is 4.92 Å². The number of rotatable bonds is 3. The Morgan fingerprint density at radius 2 is 2.21 bits per heavy atom. The van der Waals surface area contributed by atoms with Gasteiger partial charge in [0.15, 0.2) is 0 Å². The number of hydrogen-bond donors (Lipinski definition) is 1. The van der Waals surface area contributed by atoms with Crippen LogP contribution >= 0.6 is 15.9 Å². The molecule has 5 nitrogen and oxygen atoms in total. The normalized spacial score (nSPS) is 9.57. The van der Waals surface area contributed by atoms with Crippen LogP contribution in [-0.2, 0) is 4.79 Å². The Morgan fingerprint density at radius 1 is 1.57 bits per heavy atom. The fourth-order valence-corrected chi connectivity index (χ4v) is 1.35. The largest absolute Gasteiger partial charge is 0.329 e. The average Bonchev–Trinajstić information content (AvgIpc) is 2.11. The molecule has 0 atom stereocenters. The molecule has 0 radical (unpaired) electrons. The lowest BCUT2D eigenvalue weighted by Crippen LogP contribution is -2.02. The second-order valence-electron chi connectivity index (χ2n) is 2.27. The van der Waals surface area contributed by atoms with Crippen LogP contribution in [0.2, 0.25) is 0 Å². The summed E-state index contributed by atoms with van der Waals surface area (Å²) in [6, 6.07) is 2.21. The van der Waals surface area contributed by atoms with E-state index >= 15 is 0 Å². The Kier molecular flexibility index (Phi) is 3.13. The number of nitrogens with one attached hydrogen (secondary N) is 1. The number of nitrogens with zero attached hydrogens (tertiary/aromatic N) is 1. The van der Waals surface area contributed by atoms with Crippen LogP contribution in [0.15, 0.2) is 16.6 Å². The Bertz CT molecular complexity index is 397. The van der Waals surface area contributed by atoms with Gasteiger partial charge in [-0.1, -0.05) is 0 Å². The molecular weight excluding hydrogens is 259 g/mol. The van der Waals surface area contributed by atoms with E-state index in [0.29, 0.717) is 0 Å². The molecule has 0 saturated heterocycles. The SMILES string of the molecule is O=CNc1c(Br)ccc(F)c1[N+](=O)[O-].